The Morgan fingerprint density at radius 3 is 2.95 bits per heavy atom. The molecular weight excluding hydrogens is 274 g/mol. The van der Waals surface area contributed by atoms with Gasteiger partial charge in [-0.3, -0.25) is 4.79 Å². The van der Waals surface area contributed by atoms with Crippen LogP contribution in [0.1, 0.15) is 36.6 Å². The Balaban J connectivity index is 2.21. The van der Waals surface area contributed by atoms with E-state index < -0.39 is 0 Å². The average molecular weight is 293 g/mol. The van der Waals surface area contributed by atoms with Gasteiger partial charge in [-0.2, -0.15) is 0 Å². The molecular formula is C14H19N3O2S. The summed E-state index contributed by atoms with van der Waals surface area (Å²) in [6, 6.07) is 2.00. The molecule has 0 aromatic carbocycles. The predicted octanol–water partition coefficient (Wildman–Crippen LogP) is 1.57. The molecule has 0 atom stereocenters. The van der Waals surface area contributed by atoms with Crippen molar-refractivity contribution in [2.24, 2.45) is 5.73 Å². The number of carbonyl (C=O) groups excluding carboxylic acids is 1. The number of fused-ring (bicyclic) bond motifs is 1. The number of nitrogens with one attached hydrogen (secondary N) is 1. The largest absolute Gasteiger partial charge is 0.465 e. The molecule has 1 heterocycles. The number of rotatable bonds is 5. The van der Waals surface area contributed by atoms with Crippen molar-refractivity contribution < 1.29 is 9.53 Å². The van der Waals surface area contributed by atoms with E-state index in [-0.39, 0.29) is 17.5 Å². The Kier molecular flexibility index (Phi) is 4.89. The second kappa shape index (κ2) is 6.65. The molecule has 3 N–H and O–H groups in total. The van der Waals surface area contributed by atoms with Gasteiger partial charge in [-0.15, -0.1) is 0 Å². The lowest BCUT2D eigenvalue weighted by atomic mass is 9.94. The second-order valence-corrected chi connectivity index (χ2v) is 5.16. The highest BCUT2D eigenvalue weighted by atomic mass is 32.1. The van der Waals surface area contributed by atoms with Gasteiger partial charge >= 0.3 is 5.97 Å². The molecule has 5 nitrogen and oxygen atoms in total. The number of nitrogens with zero attached hydrogens (tertiary/aromatic N) is 1. The zero-order valence-corrected chi connectivity index (χ0v) is 12.4. The van der Waals surface area contributed by atoms with Gasteiger partial charge in [-0.05, 0) is 44.2 Å². The summed E-state index contributed by atoms with van der Waals surface area (Å²) in [5.74, 6) is 0.257. The van der Waals surface area contributed by atoms with Crippen molar-refractivity contribution in [3.05, 3.63) is 22.9 Å². The third kappa shape index (κ3) is 3.45. The normalized spacial score (nSPS) is 13.4. The van der Waals surface area contributed by atoms with Crippen LogP contribution in [0.15, 0.2) is 6.07 Å². The molecule has 0 saturated carbocycles. The van der Waals surface area contributed by atoms with Gasteiger partial charge in [0.1, 0.15) is 17.4 Å². The molecule has 2 rings (SSSR count). The zero-order chi connectivity index (χ0) is 14.5. The second-order valence-electron chi connectivity index (χ2n) is 4.72. The lowest BCUT2D eigenvalue weighted by molar-refractivity contribution is -0.140. The standard InChI is InChI=1S/C14H19N3O2S/c1-2-19-12(18)8-16-14-10(13(15)20)7-9-5-3-4-6-11(9)17-14/h7H,2-6,8H2,1H3,(H2,15,20)(H,16,17). The van der Waals surface area contributed by atoms with E-state index in [1.165, 1.54) is 12.0 Å². The smallest absolute Gasteiger partial charge is 0.325 e. The van der Waals surface area contributed by atoms with E-state index in [2.05, 4.69) is 10.3 Å². The van der Waals surface area contributed by atoms with Crippen LogP contribution in [0, 0.1) is 0 Å². The monoisotopic (exact) mass is 293 g/mol. The highest BCUT2D eigenvalue weighted by Gasteiger charge is 2.17. The molecule has 1 aromatic rings. The van der Waals surface area contributed by atoms with E-state index in [0.29, 0.717) is 18.0 Å². The van der Waals surface area contributed by atoms with E-state index in [1.807, 2.05) is 6.07 Å². The van der Waals surface area contributed by atoms with E-state index in [1.54, 1.807) is 6.92 Å². The lowest BCUT2D eigenvalue weighted by Gasteiger charge is -2.18. The van der Waals surface area contributed by atoms with Crippen LogP contribution in [0.5, 0.6) is 0 Å². The topological polar surface area (TPSA) is 77.2 Å². The van der Waals surface area contributed by atoms with Gasteiger partial charge in [0.25, 0.3) is 0 Å². The Labute approximate surface area is 123 Å². The number of pyridine rings is 1. The first-order valence-corrected chi connectivity index (χ1v) is 7.24. The fourth-order valence-corrected chi connectivity index (χ4v) is 2.48. The number of ether oxygens (including phenoxy) is 1. The maximum atomic E-state index is 11.4. The molecule has 0 amide bonds. The third-order valence-electron chi connectivity index (χ3n) is 3.27. The molecule has 0 bridgehead atoms. The number of thiocarbonyl (C=S) groups is 1. The van der Waals surface area contributed by atoms with Crippen molar-refractivity contribution in [3.63, 3.8) is 0 Å². The number of carbonyl (C=O) groups is 1. The van der Waals surface area contributed by atoms with Gasteiger partial charge < -0.3 is 15.8 Å². The van der Waals surface area contributed by atoms with Crippen LogP contribution in [-0.4, -0.2) is 29.1 Å². The minimum absolute atomic E-state index is 0.0647. The molecule has 0 aliphatic heterocycles. The van der Waals surface area contributed by atoms with Crippen LogP contribution < -0.4 is 11.1 Å². The van der Waals surface area contributed by atoms with E-state index in [4.69, 9.17) is 22.7 Å². The van der Waals surface area contributed by atoms with Crippen molar-refractivity contribution in [2.75, 3.05) is 18.5 Å². The zero-order valence-electron chi connectivity index (χ0n) is 11.6. The minimum atomic E-state index is -0.319. The van der Waals surface area contributed by atoms with Crippen LogP contribution in [0.2, 0.25) is 0 Å². The van der Waals surface area contributed by atoms with Gasteiger partial charge in [0.05, 0.1) is 12.2 Å². The SMILES string of the molecule is CCOC(=O)CNc1nc2c(cc1C(N)=S)CCCC2. The Morgan fingerprint density at radius 1 is 1.50 bits per heavy atom. The van der Waals surface area contributed by atoms with Crippen LogP contribution >= 0.6 is 12.2 Å². The summed E-state index contributed by atoms with van der Waals surface area (Å²) in [7, 11) is 0. The molecule has 6 heteroatoms. The summed E-state index contributed by atoms with van der Waals surface area (Å²) >= 11 is 5.07. The van der Waals surface area contributed by atoms with Crippen molar-refractivity contribution in [1.29, 1.82) is 0 Å². The van der Waals surface area contributed by atoms with E-state index >= 15 is 0 Å². The fraction of sp³-hybridized carbons (Fsp3) is 0.500. The molecule has 0 radical (unpaired) electrons. The first-order chi connectivity index (χ1) is 9.61. The van der Waals surface area contributed by atoms with Gasteiger partial charge in [-0.1, -0.05) is 12.2 Å². The van der Waals surface area contributed by atoms with Crippen LogP contribution in [0.4, 0.5) is 5.82 Å². The van der Waals surface area contributed by atoms with Crippen molar-refractivity contribution in [2.45, 2.75) is 32.6 Å². The van der Waals surface area contributed by atoms with Gasteiger partial charge in [0, 0.05) is 5.69 Å². The summed E-state index contributed by atoms with van der Waals surface area (Å²) in [6.45, 7) is 2.20. The number of esters is 1. The number of nitrogens with two attached hydrogens (primary N) is 1. The van der Waals surface area contributed by atoms with Crippen LogP contribution in [0.25, 0.3) is 0 Å². The molecule has 0 unspecified atom stereocenters. The Bertz CT molecular complexity index is 531. The highest BCUT2D eigenvalue weighted by molar-refractivity contribution is 7.80. The third-order valence-corrected chi connectivity index (χ3v) is 3.49. The molecule has 0 fully saturated rings. The molecule has 20 heavy (non-hydrogen) atoms. The van der Waals surface area contributed by atoms with Gasteiger partial charge in [0.15, 0.2) is 0 Å². The summed E-state index contributed by atoms with van der Waals surface area (Å²) in [5, 5.41) is 2.98. The van der Waals surface area contributed by atoms with Crippen LogP contribution in [-0.2, 0) is 22.4 Å². The molecule has 1 aliphatic rings. The number of hydrogen-bond acceptors (Lipinski definition) is 5. The molecule has 0 saturated heterocycles. The Hall–Kier alpha value is -1.69. The first-order valence-electron chi connectivity index (χ1n) is 6.84. The number of hydrogen-bond donors (Lipinski definition) is 2. The maximum absolute atomic E-state index is 11.4. The fourth-order valence-electron chi connectivity index (χ4n) is 2.32. The number of aryl methyl sites for hydroxylation is 2. The molecule has 1 aromatic heterocycles. The summed E-state index contributed by atoms with van der Waals surface area (Å²) in [6.07, 6.45) is 4.28. The van der Waals surface area contributed by atoms with E-state index in [9.17, 15) is 4.79 Å². The highest BCUT2D eigenvalue weighted by Crippen LogP contribution is 2.24. The minimum Gasteiger partial charge on any atom is -0.465 e. The van der Waals surface area contributed by atoms with Gasteiger partial charge in [0.2, 0.25) is 0 Å². The molecule has 108 valence electrons. The summed E-state index contributed by atoms with van der Waals surface area (Å²) in [5.41, 5.74) is 8.73. The predicted molar refractivity (Wildman–Crippen MR) is 81.9 cm³/mol. The summed E-state index contributed by atoms with van der Waals surface area (Å²) < 4.78 is 4.88. The first kappa shape index (κ1) is 14.7. The quantitative estimate of drug-likeness (QED) is 0.634. The molecule has 0 spiro atoms. The van der Waals surface area contributed by atoms with E-state index in [0.717, 1.165) is 25.0 Å². The lowest BCUT2D eigenvalue weighted by Crippen LogP contribution is -2.22. The van der Waals surface area contributed by atoms with Crippen LogP contribution in [0.3, 0.4) is 0 Å². The van der Waals surface area contributed by atoms with Crippen molar-refractivity contribution in [3.8, 4) is 0 Å². The number of anilines is 1. The maximum Gasteiger partial charge on any atom is 0.325 e. The molecule has 1 aliphatic carbocycles. The van der Waals surface area contributed by atoms with Crippen molar-refractivity contribution in [1.82, 2.24) is 4.98 Å². The number of aromatic nitrogens is 1. The van der Waals surface area contributed by atoms with Crippen molar-refractivity contribution >= 4 is 29.0 Å². The van der Waals surface area contributed by atoms with Gasteiger partial charge in [-0.25, -0.2) is 4.98 Å². The average Bonchev–Trinajstić information content (AvgIpc) is 2.44. The summed E-state index contributed by atoms with van der Waals surface area (Å²) in [4.78, 5) is 16.3. The Morgan fingerprint density at radius 2 is 2.25 bits per heavy atom.